The fourth-order valence-corrected chi connectivity index (χ4v) is 3.14. The van der Waals surface area contributed by atoms with Gasteiger partial charge in [0.05, 0.1) is 17.6 Å². The van der Waals surface area contributed by atoms with Crippen molar-refractivity contribution < 1.29 is 13.9 Å². The van der Waals surface area contributed by atoms with E-state index in [1.54, 1.807) is 31.2 Å². The van der Waals surface area contributed by atoms with E-state index in [1.165, 1.54) is 0 Å². The summed E-state index contributed by atoms with van der Waals surface area (Å²) in [5.41, 5.74) is 0.557. The molecule has 0 unspecified atom stereocenters. The molecule has 0 bridgehead atoms. The van der Waals surface area contributed by atoms with Crippen molar-refractivity contribution in [1.82, 2.24) is 15.1 Å². The lowest BCUT2D eigenvalue weighted by atomic mass is 9.90. The summed E-state index contributed by atoms with van der Waals surface area (Å²) in [5.74, 6) is 1.68. The van der Waals surface area contributed by atoms with Crippen molar-refractivity contribution in [2.75, 3.05) is 13.2 Å². The molecule has 0 spiro atoms. The van der Waals surface area contributed by atoms with E-state index in [4.69, 9.17) is 14.4 Å². The lowest BCUT2D eigenvalue weighted by Crippen LogP contribution is -2.47. The minimum absolute atomic E-state index is 0.0225. The van der Waals surface area contributed by atoms with Crippen LogP contribution in [-0.4, -0.2) is 40.2 Å². The number of hydrogen-bond acceptors (Lipinski definition) is 6. The molecule has 1 aromatic heterocycles. The van der Waals surface area contributed by atoms with Crippen molar-refractivity contribution in [3.05, 3.63) is 41.6 Å². The Bertz CT molecular complexity index is 778. The minimum atomic E-state index is -0.0715. The van der Waals surface area contributed by atoms with Crippen LogP contribution in [0.5, 0.6) is 5.75 Å². The number of aryl methyl sites for hydroxylation is 1. The van der Waals surface area contributed by atoms with Crippen LogP contribution in [0.4, 0.5) is 0 Å². The van der Waals surface area contributed by atoms with Crippen LogP contribution in [0, 0.1) is 18.3 Å². The maximum atomic E-state index is 12.6. The van der Waals surface area contributed by atoms with E-state index < -0.39 is 0 Å². The summed E-state index contributed by atoms with van der Waals surface area (Å²) in [6, 6.07) is 8.73. The van der Waals surface area contributed by atoms with E-state index in [0.29, 0.717) is 29.6 Å². The van der Waals surface area contributed by atoms with Gasteiger partial charge >= 0.3 is 0 Å². The molecule has 1 aliphatic heterocycles. The molecule has 1 saturated heterocycles. The average molecular weight is 340 g/mol. The largest absolute Gasteiger partial charge is 0.484 e. The monoisotopic (exact) mass is 340 g/mol. The molecule has 1 amide bonds. The first kappa shape index (κ1) is 17.0. The second-order valence-electron chi connectivity index (χ2n) is 6.16. The highest BCUT2D eigenvalue weighted by atomic mass is 16.5. The van der Waals surface area contributed by atoms with Gasteiger partial charge in [-0.3, -0.25) is 4.79 Å². The number of amides is 1. The minimum Gasteiger partial charge on any atom is -0.484 e. The molecule has 2 heterocycles. The number of ether oxygens (including phenoxy) is 1. The number of carbonyl (C=O) groups excluding carboxylic acids is 1. The van der Waals surface area contributed by atoms with Crippen LogP contribution in [0.3, 0.4) is 0 Å². The van der Waals surface area contributed by atoms with Crippen LogP contribution in [0.25, 0.3) is 0 Å². The molecule has 0 N–H and O–H groups in total. The first-order valence-corrected chi connectivity index (χ1v) is 8.31. The summed E-state index contributed by atoms with van der Waals surface area (Å²) >= 11 is 0. The molecule has 0 aliphatic carbocycles. The molecule has 25 heavy (non-hydrogen) atoms. The lowest BCUT2D eigenvalue weighted by molar-refractivity contribution is -0.137. The second kappa shape index (κ2) is 7.34. The average Bonchev–Trinajstić information content (AvgIpc) is 3.06. The number of hydrogen-bond donors (Lipinski definition) is 0. The van der Waals surface area contributed by atoms with Crippen molar-refractivity contribution in [3.8, 4) is 11.8 Å². The van der Waals surface area contributed by atoms with Gasteiger partial charge in [0.15, 0.2) is 6.61 Å². The molecule has 2 atom stereocenters. The van der Waals surface area contributed by atoms with Crippen molar-refractivity contribution >= 4 is 5.91 Å². The predicted octanol–water partition coefficient (Wildman–Crippen LogP) is 2.42. The Morgan fingerprint density at radius 1 is 1.40 bits per heavy atom. The van der Waals surface area contributed by atoms with E-state index in [0.717, 1.165) is 12.8 Å². The van der Waals surface area contributed by atoms with Crippen molar-refractivity contribution in [2.45, 2.75) is 38.6 Å². The van der Waals surface area contributed by atoms with Gasteiger partial charge in [-0.05, 0) is 44.0 Å². The van der Waals surface area contributed by atoms with E-state index in [2.05, 4.69) is 10.2 Å². The summed E-state index contributed by atoms with van der Waals surface area (Å²) in [4.78, 5) is 14.4. The number of nitrogens with zero attached hydrogens (tertiary/aromatic N) is 4. The number of likely N-dealkylation sites (tertiary alicyclic amines) is 1. The zero-order valence-electron chi connectivity index (χ0n) is 14.3. The Labute approximate surface area is 146 Å². The van der Waals surface area contributed by atoms with Crippen molar-refractivity contribution in [1.29, 1.82) is 5.26 Å². The Balaban J connectivity index is 1.61. The maximum absolute atomic E-state index is 12.6. The van der Waals surface area contributed by atoms with Crippen LogP contribution in [0.2, 0.25) is 0 Å². The SMILES string of the molecule is Cc1nnc([C@H]2CCCN(C(=O)COc3ccc(C#N)cc3)[C@H]2C)o1. The highest BCUT2D eigenvalue weighted by Gasteiger charge is 2.35. The quantitative estimate of drug-likeness (QED) is 0.849. The number of aromatic nitrogens is 2. The Hall–Kier alpha value is -2.88. The molecule has 0 radical (unpaired) electrons. The second-order valence-corrected chi connectivity index (χ2v) is 6.16. The van der Waals surface area contributed by atoms with Gasteiger partial charge in [0.2, 0.25) is 11.8 Å². The first-order chi connectivity index (χ1) is 12.1. The summed E-state index contributed by atoms with van der Waals surface area (Å²) in [6.45, 7) is 4.42. The van der Waals surface area contributed by atoms with Crippen LogP contribution >= 0.6 is 0 Å². The van der Waals surface area contributed by atoms with Gasteiger partial charge in [-0.25, -0.2) is 0 Å². The van der Waals surface area contributed by atoms with Gasteiger partial charge in [0.1, 0.15) is 5.75 Å². The Morgan fingerprint density at radius 3 is 2.80 bits per heavy atom. The third kappa shape index (κ3) is 3.79. The number of nitriles is 1. The van der Waals surface area contributed by atoms with Gasteiger partial charge < -0.3 is 14.1 Å². The smallest absolute Gasteiger partial charge is 0.260 e. The molecular weight excluding hydrogens is 320 g/mol. The molecule has 1 aromatic carbocycles. The van der Waals surface area contributed by atoms with E-state index >= 15 is 0 Å². The highest BCUT2D eigenvalue weighted by molar-refractivity contribution is 5.78. The van der Waals surface area contributed by atoms with E-state index in [-0.39, 0.29) is 24.5 Å². The van der Waals surface area contributed by atoms with Gasteiger partial charge in [0, 0.05) is 19.5 Å². The summed E-state index contributed by atoms with van der Waals surface area (Å²) in [6.07, 6.45) is 1.81. The zero-order chi connectivity index (χ0) is 17.8. The van der Waals surface area contributed by atoms with Crippen molar-refractivity contribution in [2.24, 2.45) is 0 Å². The number of piperidine rings is 1. The van der Waals surface area contributed by atoms with Gasteiger partial charge in [0.25, 0.3) is 5.91 Å². The summed E-state index contributed by atoms with van der Waals surface area (Å²) in [7, 11) is 0. The van der Waals surface area contributed by atoms with Gasteiger partial charge in [-0.2, -0.15) is 5.26 Å². The molecule has 0 saturated carbocycles. The van der Waals surface area contributed by atoms with Crippen LogP contribution in [0.1, 0.15) is 43.0 Å². The van der Waals surface area contributed by atoms with Crippen LogP contribution < -0.4 is 4.74 Å². The normalized spacial score (nSPS) is 20.1. The van der Waals surface area contributed by atoms with Gasteiger partial charge in [-0.15, -0.1) is 10.2 Å². The third-order valence-corrected chi connectivity index (χ3v) is 4.51. The molecule has 1 fully saturated rings. The number of rotatable bonds is 4. The molecule has 130 valence electrons. The predicted molar refractivity (Wildman–Crippen MR) is 88.8 cm³/mol. The Morgan fingerprint density at radius 2 is 2.16 bits per heavy atom. The fraction of sp³-hybridized carbons (Fsp3) is 0.444. The molecular formula is C18H20N4O3. The molecule has 1 aliphatic rings. The lowest BCUT2D eigenvalue weighted by Gasteiger charge is -2.37. The van der Waals surface area contributed by atoms with Crippen molar-refractivity contribution in [3.63, 3.8) is 0 Å². The third-order valence-electron chi connectivity index (χ3n) is 4.51. The van der Waals surface area contributed by atoms with Crippen LogP contribution in [-0.2, 0) is 4.79 Å². The highest BCUT2D eigenvalue weighted by Crippen LogP contribution is 2.31. The van der Waals surface area contributed by atoms with E-state index in [9.17, 15) is 4.79 Å². The molecule has 7 nitrogen and oxygen atoms in total. The molecule has 7 heteroatoms. The maximum Gasteiger partial charge on any atom is 0.260 e. The summed E-state index contributed by atoms with van der Waals surface area (Å²) < 4.78 is 11.1. The standard InChI is InChI=1S/C18H20N4O3/c1-12-16(18-21-20-13(2)25-18)4-3-9-22(12)17(23)11-24-15-7-5-14(10-19)6-8-15/h5-8,12,16H,3-4,9,11H2,1-2H3/t12-,16-/m0/s1. The summed E-state index contributed by atoms with van der Waals surface area (Å²) in [5, 5.41) is 16.8. The molecule has 2 aromatic rings. The van der Waals surface area contributed by atoms with Gasteiger partial charge in [-0.1, -0.05) is 0 Å². The van der Waals surface area contributed by atoms with E-state index in [1.807, 2.05) is 17.9 Å². The Kier molecular flexibility index (Phi) is 4.98. The topological polar surface area (TPSA) is 92.3 Å². The number of carbonyl (C=O) groups is 1. The zero-order valence-corrected chi connectivity index (χ0v) is 14.3. The van der Waals surface area contributed by atoms with Crippen LogP contribution in [0.15, 0.2) is 28.7 Å². The molecule has 3 rings (SSSR count). The number of benzene rings is 1. The fourth-order valence-electron chi connectivity index (χ4n) is 3.14. The first-order valence-electron chi connectivity index (χ1n) is 8.31.